The molecule has 0 saturated heterocycles. The van der Waals surface area contributed by atoms with Crippen LogP contribution in [0.25, 0.3) is 11.0 Å². The van der Waals surface area contributed by atoms with Crippen LogP contribution in [0, 0.1) is 0 Å². The van der Waals surface area contributed by atoms with Crippen LogP contribution in [0.4, 0.5) is 0 Å². The molecule has 0 aliphatic heterocycles. The summed E-state index contributed by atoms with van der Waals surface area (Å²) in [5.74, 6) is 0.836. The van der Waals surface area contributed by atoms with Gasteiger partial charge in [0.05, 0.1) is 29.6 Å². The molecule has 3 aromatic rings. The zero-order valence-electron chi connectivity index (χ0n) is 10.9. The molecule has 0 spiro atoms. The molecule has 102 valence electrons. The SMILES string of the molecule is O=C(CCc1nc2ccccc2[nH]1)NCc1cnc[nH]1. The Balaban J connectivity index is 1.52. The van der Waals surface area contributed by atoms with Crippen molar-refractivity contribution in [2.75, 3.05) is 0 Å². The predicted molar refractivity (Wildman–Crippen MR) is 74.8 cm³/mol. The van der Waals surface area contributed by atoms with Crippen molar-refractivity contribution in [2.24, 2.45) is 0 Å². The first-order valence-electron chi connectivity index (χ1n) is 6.49. The Morgan fingerprint density at radius 2 is 2.20 bits per heavy atom. The van der Waals surface area contributed by atoms with E-state index in [1.54, 1.807) is 12.5 Å². The fraction of sp³-hybridized carbons (Fsp3) is 0.214. The molecule has 6 nitrogen and oxygen atoms in total. The number of imidazole rings is 2. The predicted octanol–water partition coefficient (Wildman–Crippen LogP) is 1.53. The summed E-state index contributed by atoms with van der Waals surface area (Å²) < 4.78 is 0. The first-order chi connectivity index (χ1) is 9.81. The molecule has 1 amide bonds. The molecule has 2 heterocycles. The molecule has 3 N–H and O–H groups in total. The number of amides is 1. The number of carbonyl (C=O) groups excluding carboxylic acids is 1. The van der Waals surface area contributed by atoms with Gasteiger partial charge in [0.15, 0.2) is 0 Å². The Morgan fingerprint density at radius 3 is 3.00 bits per heavy atom. The smallest absolute Gasteiger partial charge is 0.220 e. The van der Waals surface area contributed by atoms with E-state index < -0.39 is 0 Å². The monoisotopic (exact) mass is 269 g/mol. The van der Waals surface area contributed by atoms with E-state index in [0.29, 0.717) is 19.4 Å². The van der Waals surface area contributed by atoms with Gasteiger partial charge in [-0.05, 0) is 12.1 Å². The van der Waals surface area contributed by atoms with Crippen LogP contribution in [0.15, 0.2) is 36.8 Å². The largest absolute Gasteiger partial charge is 0.350 e. The molecule has 0 fully saturated rings. The van der Waals surface area contributed by atoms with Gasteiger partial charge in [-0.3, -0.25) is 4.79 Å². The third-order valence-corrected chi connectivity index (χ3v) is 3.06. The summed E-state index contributed by atoms with van der Waals surface area (Å²) in [6.45, 7) is 0.471. The topological polar surface area (TPSA) is 86.5 Å². The van der Waals surface area contributed by atoms with Crippen LogP contribution < -0.4 is 5.32 Å². The van der Waals surface area contributed by atoms with Crippen molar-refractivity contribution in [2.45, 2.75) is 19.4 Å². The molecule has 0 aliphatic carbocycles. The first kappa shape index (κ1) is 12.4. The van der Waals surface area contributed by atoms with Crippen molar-refractivity contribution in [3.8, 4) is 0 Å². The molecular weight excluding hydrogens is 254 g/mol. The molecule has 3 rings (SSSR count). The third-order valence-electron chi connectivity index (χ3n) is 3.06. The summed E-state index contributed by atoms with van der Waals surface area (Å²) in [6.07, 6.45) is 4.30. The minimum Gasteiger partial charge on any atom is -0.350 e. The van der Waals surface area contributed by atoms with Crippen LogP contribution >= 0.6 is 0 Å². The van der Waals surface area contributed by atoms with Crippen LogP contribution in [0.1, 0.15) is 17.9 Å². The number of aryl methyl sites for hydroxylation is 1. The number of hydrogen-bond acceptors (Lipinski definition) is 3. The Hall–Kier alpha value is -2.63. The van der Waals surface area contributed by atoms with E-state index in [9.17, 15) is 4.79 Å². The molecular formula is C14H15N5O. The molecule has 20 heavy (non-hydrogen) atoms. The zero-order chi connectivity index (χ0) is 13.8. The lowest BCUT2D eigenvalue weighted by Gasteiger charge is -2.02. The van der Waals surface area contributed by atoms with Crippen LogP contribution in [-0.2, 0) is 17.8 Å². The van der Waals surface area contributed by atoms with Crippen molar-refractivity contribution in [3.05, 3.63) is 48.3 Å². The highest BCUT2D eigenvalue weighted by atomic mass is 16.1. The maximum Gasteiger partial charge on any atom is 0.220 e. The Bertz CT molecular complexity index is 668. The van der Waals surface area contributed by atoms with Gasteiger partial charge in [0.1, 0.15) is 5.82 Å². The van der Waals surface area contributed by atoms with Gasteiger partial charge in [0.2, 0.25) is 5.91 Å². The second-order valence-electron chi connectivity index (χ2n) is 4.55. The van der Waals surface area contributed by atoms with Gasteiger partial charge in [-0.15, -0.1) is 0 Å². The average molecular weight is 269 g/mol. The summed E-state index contributed by atoms with van der Waals surface area (Å²) in [4.78, 5) is 26.2. The lowest BCUT2D eigenvalue weighted by atomic mass is 10.3. The van der Waals surface area contributed by atoms with Crippen molar-refractivity contribution in [1.82, 2.24) is 25.3 Å². The van der Waals surface area contributed by atoms with E-state index in [0.717, 1.165) is 22.6 Å². The standard InChI is InChI=1S/C14H15N5O/c20-14(16-8-10-7-15-9-17-10)6-5-13-18-11-3-1-2-4-12(11)19-13/h1-4,7,9H,5-6,8H2,(H,15,17)(H,16,20)(H,18,19). The Kier molecular flexibility index (Phi) is 3.45. The summed E-state index contributed by atoms with van der Waals surface area (Å²) >= 11 is 0. The van der Waals surface area contributed by atoms with Gasteiger partial charge < -0.3 is 15.3 Å². The number of aromatic amines is 2. The normalized spacial score (nSPS) is 10.8. The molecule has 0 radical (unpaired) electrons. The van der Waals surface area contributed by atoms with Crippen LogP contribution in [0.5, 0.6) is 0 Å². The number of nitrogens with zero attached hydrogens (tertiary/aromatic N) is 2. The molecule has 0 saturated carbocycles. The molecule has 2 aromatic heterocycles. The zero-order valence-corrected chi connectivity index (χ0v) is 10.9. The van der Waals surface area contributed by atoms with E-state index in [-0.39, 0.29) is 5.91 Å². The van der Waals surface area contributed by atoms with Crippen molar-refractivity contribution in [1.29, 1.82) is 0 Å². The highest BCUT2D eigenvalue weighted by molar-refractivity contribution is 5.77. The highest BCUT2D eigenvalue weighted by Crippen LogP contribution is 2.11. The number of nitrogens with one attached hydrogen (secondary N) is 3. The maximum absolute atomic E-state index is 11.7. The summed E-state index contributed by atoms with van der Waals surface area (Å²) in [6, 6.07) is 7.84. The molecule has 0 aliphatic rings. The summed E-state index contributed by atoms with van der Waals surface area (Å²) in [7, 11) is 0. The lowest BCUT2D eigenvalue weighted by Crippen LogP contribution is -2.23. The van der Waals surface area contributed by atoms with E-state index in [1.807, 2.05) is 24.3 Å². The summed E-state index contributed by atoms with van der Waals surface area (Å²) in [5.41, 5.74) is 2.82. The van der Waals surface area contributed by atoms with E-state index in [4.69, 9.17) is 0 Å². The number of H-pyrrole nitrogens is 2. The van der Waals surface area contributed by atoms with Crippen molar-refractivity contribution >= 4 is 16.9 Å². The number of carbonyl (C=O) groups is 1. The highest BCUT2D eigenvalue weighted by Gasteiger charge is 2.06. The van der Waals surface area contributed by atoms with Crippen LogP contribution in [0.2, 0.25) is 0 Å². The van der Waals surface area contributed by atoms with Gasteiger partial charge in [-0.25, -0.2) is 9.97 Å². The third kappa shape index (κ3) is 2.85. The average Bonchev–Trinajstić information content (AvgIpc) is 3.11. The van der Waals surface area contributed by atoms with E-state index >= 15 is 0 Å². The van der Waals surface area contributed by atoms with Crippen LogP contribution in [-0.4, -0.2) is 25.8 Å². The molecule has 0 atom stereocenters. The second-order valence-corrected chi connectivity index (χ2v) is 4.55. The van der Waals surface area contributed by atoms with Crippen molar-refractivity contribution < 1.29 is 4.79 Å². The number of rotatable bonds is 5. The van der Waals surface area contributed by atoms with Gasteiger partial charge in [-0.1, -0.05) is 12.1 Å². The summed E-state index contributed by atoms with van der Waals surface area (Å²) in [5, 5.41) is 2.84. The quantitative estimate of drug-likeness (QED) is 0.656. The van der Waals surface area contributed by atoms with E-state index in [1.165, 1.54) is 0 Å². The molecule has 6 heteroatoms. The lowest BCUT2D eigenvalue weighted by molar-refractivity contribution is -0.121. The fourth-order valence-electron chi connectivity index (χ4n) is 2.02. The van der Waals surface area contributed by atoms with E-state index in [2.05, 4.69) is 25.3 Å². The molecule has 1 aromatic carbocycles. The Labute approximate surface area is 115 Å². The molecule has 0 bridgehead atoms. The van der Waals surface area contributed by atoms with Gasteiger partial charge in [0.25, 0.3) is 0 Å². The first-order valence-corrected chi connectivity index (χ1v) is 6.49. The minimum atomic E-state index is 0.0000520. The number of aromatic nitrogens is 4. The van der Waals surface area contributed by atoms with Gasteiger partial charge in [-0.2, -0.15) is 0 Å². The minimum absolute atomic E-state index is 0.0000520. The number of benzene rings is 1. The van der Waals surface area contributed by atoms with Gasteiger partial charge in [0, 0.05) is 19.0 Å². The second kappa shape index (κ2) is 5.56. The number of hydrogen-bond donors (Lipinski definition) is 3. The number of fused-ring (bicyclic) bond motifs is 1. The Morgan fingerprint density at radius 1 is 1.30 bits per heavy atom. The van der Waals surface area contributed by atoms with Gasteiger partial charge >= 0.3 is 0 Å². The fourth-order valence-corrected chi connectivity index (χ4v) is 2.02. The van der Waals surface area contributed by atoms with Crippen LogP contribution in [0.3, 0.4) is 0 Å². The van der Waals surface area contributed by atoms with Crippen molar-refractivity contribution in [3.63, 3.8) is 0 Å². The number of para-hydroxylation sites is 2. The maximum atomic E-state index is 11.7. The molecule has 0 unspecified atom stereocenters.